The molecule has 1 aromatic carbocycles. The highest BCUT2D eigenvalue weighted by Crippen LogP contribution is 2.24. The average molecular weight is 689 g/mol. The van der Waals surface area contributed by atoms with E-state index in [-0.39, 0.29) is 44.0 Å². The highest BCUT2D eigenvalue weighted by atomic mass is 16.4. The van der Waals surface area contributed by atoms with Gasteiger partial charge in [0.05, 0.1) is 6.04 Å². The van der Waals surface area contributed by atoms with Crippen LogP contribution in [0.2, 0.25) is 0 Å². The monoisotopic (exact) mass is 688 g/mol. The van der Waals surface area contributed by atoms with Gasteiger partial charge in [0.1, 0.15) is 36.0 Å². The minimum Gasteiger partial charge on any atom is -0.508 e. The number of carbonyl (C=O) groups is 7. The summed E-state index contributed by atoms with van der Waals surface area (Å²) in [7, 11) is 0. The molecule has 0 aliphatic carbocycles. The number of rotatable bonds is 16. The van der Waals surface area contributed by atoms with Crippen LogP contribution in [-0.2, 0) is 40.0 Å². The number of nitrogens with two attached hydrogens (primary N) is 1. The van der Waals surface area contributed by atoms with Crippen molar-refractivity contribution >= 4 is 41.5 Å². The quantitative estimate of drug-likeness (QED) is 0.119. The largest absolute Gasteiger partial charge is 0.508 e. The van der Waals surface area contributed by atoms with Crippen molar-refractivity contribution in [2.24, 2.45) is 11.7 Å². The van der Waals surface area contributed by atoms with Crippen LogP contribution in [0.5, 0.6) is 5.75 Å². The number of nitrogens with zero attached hydrogens (tertiary/aromatic N) is 2. The van der Waals surface area contributed by atoms with Crippen LogP contribution < -0.4 is 21.7 Å². The highest BCUT2D eigenvalue weighted by Gasteiger charge is 2.43. The lowest BCUT2D eigenvalue weighted by atomic mass is 9.96. The number of likely N-dealkylation sites (tertiary alicyclic amines) is 2. The van der Waals surface area contributed by atoms with Crippen LogP contribution in [0, 0.1) is 5.92 Å². The highest BCUT2D eigenvalue weighted by molar-refractivity contribution is 5.97. The molecule has 49 heavy (non-hydrogen) atoms. The van der Waals surface area contributed by atoms with E-state index in [1.807, 2.05) is 6.92 Å². The first-order valence-corrected chi connectivity index (χ1v) is 16.6. The van der Waals surface area contributed by atoms with Crippen molar-refractivity contribution in [2.45, 2.75) is 108 Å². The molecule has 0 aromatic heterocycles. The maximum Gasteiger partial charge on any atom is 0.326 e. The fraction of sp³-hybridized carbons (Fsp3) is 0.606. The molecule has 2 saturated heterocycles. The molecule has 0 unspecified atom stereocenters. The molecule has 0 spiro atoms. The second kappa shape index (κ2) is 17.6. The molecule has 7 atom stereocenters. The normalized spacial score (nSPS) is 20.4. The molecule has 2 aliphatic heterocycles. The Morgan fingerprint density at radius 2 is 1.39 bits per heavy atom. The molecule has 2 heterocycles. The van der Waals surface area contributed by atoms with Crippen molar-refractivity contribution in [1.82, 2.24) is 25.8 Å². The van der Waals surface area contributed by atoms with Crippen LogP contribution in [0.4, 0.5) is 0 Å². The lowest BCUT2D eigenvalue weighted by Crippen LogP contribution is -2.60. The van der Waals surface area contributed by atoms with Crippen LogP contribution in [0.25, 0.3) is 0 Å². The number of aromatic hydroxyl groups is 1. The Labute approximate surface area is 284 Å². The Hall–Kier alpha value is -4.73. The predicted octanol–water partition coefficient (Wildman–Crippen LogP) is -0.286. The van der Waals surface area contributed by atoms with Gasteiger partial charge in [0.2, 0.25) is 29.5 Å². The van der Waals surface area contributed by atoms with Crippen LogP contribution in [-0.4, -0.2) is 116 Å². The molecule has 8 N–H and O–H groups in total. The Kier molecular flexibility index (Phi) is 13.9. The summed E-state index contributed by atoms with van der Waals surface area (Å²) in [5.41, 5.74) is 6.21. The Morgan fingerprint density at radius 1 is 0.837 bits per heavy atom. The SMILES string of the molecule is CC[C@@H](C)[C@@H](NC(=O)[C@@H]1CCCN1C(=O)[C@H](CCC(=O)O)NC(=O)[C@H](C)N)C(=O)N1CCC[C@H]1C(=O)N[C@H](Cc1ccc(O)cc1)C(=O)O. The first-order chi connectivity index (χ1) is 23.1. The van der Waals surface area contributed by atoms with Gasteiger partial charge in [-0.2, -0.15) is 0 Å². The number of benzene rings is 1. The molecule has 0 saturated carbocycles. The number of phenolic OH excluding ortho intramolecular Hbond substituents is 1. The van der Waals surface area contributed by atoms with Crippen molar-refractivity contribution in [3.8, 4) is 5.75 Å². The van der Waals surface area contributed by atoms with Gasteiger partial charge in [-0.3, -0.25) is 28.8 Å². The van der Waals surface area contributed by atoms with Gasteiger partial charge >= 0.3 is 11.9 Å². The van der Waals surface area contributed by atoms with Gasteiger partial charge in [0.15, 0.2) is 0 Å². The summed E-state index contributed by atoms with van der Waals surface area (Å²) in [6.07, 6.45) is 1.34. The van der Waals surface area contributed by atoms with Gasteiger partial charge in [-0.1, -0.05) is 32.4 Å². The minimum atomic E-state index is -1.29. The number of aliphatic carboxylic acids is 2. The van der Waals surface area contributed by atoms with Crippen LogP contribution >= 0.6 is 0 Å². The molecule has 1 aromatic rings. The Morgan fingerprint density at radius 3 is 1.90 bits per heavy atom. The number of amides is 5. The third kappa shape index (κ3) is 10.4. The molecule has 2 fully saturated rings. The van der Waals surface area contributed by atoms with E-state index in [0.717, 1.165) is 0 Å². The maximum atomic E-state index is 14.0. The van der Waals surface area contributed by atoms with E-state index in [1.165, 1.54) is 28.9 Å². The van der Waals surface area contributed by atoms with E-state index in [4.69, 9.17) is 5.73 Å². The number of nitrogens with one attached hydrogen (secondary N) is 3. The standard InChI is InChI=1S/C33H48N6O10/c1-4-18(2)27(37-30(45)25-8-5-15-38(25)31(46)22(13-14-26(41)42)35-28(43)19(3)34)32(47)39-16-6-7-24(39)29(44)36-23(33(48)49)17-20-9-11-21(40)12-10-20/h9-12,18-19,22-25,27,40H,4-8,13-17,34H2,1-3H3,(H,35,43)(H,36,44)(H,37,45)(H,41,42)(H,48,49)/t18-,19+,22+,23-,24+,25+,27-/m1/s1. The summed E-state index contributed by atoms with van der Waals surface area (Å²) in [5.74, 6) is -5.81. The number of phenols is 1. The molecule has 270 valence electrons. The summed E-state index contributed by atoms with van der Waals surface area (Å²) < 4.78 is 0. The predicted molar refractivity (Wildman–Crippen MR) is 175 cm³/mol. The summed E-state index contributed by atoms with van der Waals surface area (Å²) in [6, 6.07) is -0.550. The van der Waals surface area contributed by atoms with Gasteiger partial charge in [0.25, 0.3) is 0 Å². The number of hydrogen-bond donors (Lipinski definition) is 7. The summed E-state index contributed by atoms with van der Waals surface area (Å²) in [4.78, 5) is 92.9. The van der Waals surface area contributed by atoms with Gasteiger partial charge in [-0.25, -0.2) is 4.79 Å². The second-order valence-electron chi connectivity index (χ2n) is 12.8. The molecule has 3 rings (SSSR count). The lowest BCUT2D eigenvalue weighted by Gasteiger charge is -2.34. The van der Waals surface area contributed by atoms with Gasteiger partial charge in [0, 0.05) is 25.9 Å². The second-order valence-corrected chi connectivity index (χ2v) is 12.8. The van der Waals surface area contributed by atoms with E-state index >= 15 is 0 Å². The number of hydrogen-bond acceptors (Lipinski definition) is 9. The zero-order chi connectivity index (χ0) is 36.4. The zero-order valence-electron chi connectivity index (χ0n) is 28.1. The van der Waals surface area contributed by atoms with Crippen LogP contribution in [0.15, 0.2) is 24.3 Å². The van der Waals surface area contributed by atoms with Gasteiger partial charge in [-0.15, -0.1) is 0 Å². The minimum absolute atomic E-state index is 0.0144. The maximum absolute atomic E-state index is 14.0. The van der Waals surface area contributed by atoms with E-state index < -0.39 is 84.1 Å². The molecular weight excluding hydrogens is 640 g/mol. The van der Waals surface area contributed by atoms with E-state index in [0.29, 0.717) is 31.2 Å². The Bertz CT molecular complexity index is 1390. The third-order valence-electron chi connectivity index (χ3n) is 9.12. The average Bonchev–Trinajstić information content (AvgIpc) is 3.76. The topological polar surface area (TPSA) is 249 Å². The lowest BCUT2D eigenvalue weighted by molar-refractivity contribution is -0.146. The molecule has 0 radical (unpaired) electrons. The fourth-order valence-electron chi connectivity index (χ4n) is 6.08. The van der Waals surface area contributed by atoms with E-state index in [2.05, 4.69) is 16.0 Å². The first kappa shape index (κ1) is 38.7. The van der Waals surface area contributed by atoms with Crippen LogP contribution in [0.3, 0.4) is 0 Å². The van der Waals surface area contributed by atoms with Crippen molar-refractivity contribution < 1.29 is 48.9 Å². The van der Waals surface area contributed by atoms with Crippen molar-refractivity contribution in [1.29, 1.82) is 0 Å². The van der Waals surface area contributed by atoms with Crippen molar-refractivity contribution in [2.75, 3.05) is 13.1 Å². The molecule has 16 heteroatoms. The number of carbonyl (C=O) groups excluding carboxylic acids is 5. The zero-order valence-corrected chi connectivity index (χ0v) is 28.1. The fourth-order valence-corrected chi connectivity index (χ4v) is 6.08. The molecule has 16 nitrogen and oxygen atoms in total. The third-order valence-corrected chi connectivity index (χ3v) is 9.12. The Balaban J connectivity index is 1.75. The summed E-state index contributed by atoms with van der Waals surface area (Å²) >= 11 is 0. The van der Waals surface area contributed by atoms with Crippen molar-refractivity contribution in [3.05, 3.63) is 29.8 Å². The van der Waals surface area contributed by atoms with E-state index in [1.54, 1.807) is 19.1 Å². The van der Waals surface area contributed by atoms with Crippen molar-refractivity contribution in [3.63, 3.8) is 0 Å². The number of carboxylic acid groups (broad SMARTS) is 2. The first-order valence-electron chi connectivity index (χ1n) is 16.6. The molecule has 5 amide bonds. The summed E-state index contributed by atoms with van der Waals surface area (Å²) in [6.45, 7) is 5.43. The summed E-state index contributed by atoms with van der Waals surface area (Å²) in [5, 5.41) is 36.3. The molecule has 0 bridgehead atoms. The smallest absolute Gasteiger partial charge is 0.326 e. The van der Waals surface area contributed by atoms with Gasteiger partial charge in [-0.05, 0) is 62.6 Å². The number of carboxylic acids is 2. The van der Waals surface area contributed by atoms with E-state index in [9.17, 15) is 48.9 Å². The van der Waals surface area contributed by atoms with Crippen LogP contribution in [0.1, 0.15) is 71.3 Å². The van der Waals surface area contributed by atoms with Gasteiger partial charge < -0.3 is 46.8 Å². The molecular formula is C33H48N6O10. The molecule has 2 aliphatic rings.